The number of hydrogen-bond acceptors (Lipinski definition) is 2. The van der Waals surface area contributed by atoms with E-state index in [1.54, 1.807) is 6.92 Å². The van der Waals surface area contributed by atoms with Gasteiger partial charge in [0.25, 0.3) is 0 Å². The Morgan fingerprint density at radius 2 is 2.36 bits per heavy atom. The third-order valence-corrected chi connectivity index (χ3v) is 2.92. The molecule has 0 fully saturated rings. The second kappa shape index (κ2) is 3.73. The van der Waals surface area contributed by atoms with Crippen LogP contribution in [0.1, 0.15) is 18.9 Å². The van der Waals surface area contributed by atoms with Gasteiger partial charge in [0, 0.05) is 4.47 Å². The van der Waals surface area contributed by atoms with E-state index in [-0.39, 0.29) is 11.9 Å². The van der Waals surface area contributed by atoms with Gasteiger partial charge in [0.1, 0.15) is 5.75 Å². The number of rotatable bonds is 1. The van der Waals surface area contributed by atoms with Gasteiger partial charge in [-0.2, -0.15) is 0 Å². The van der Waals surface area contributed by atoms with Gasteiger partial charge in [-0.25, -0.2) is 0 Å². The summed E-state index contributed by atoms with van der Waals surface area (Å²) in [7, 11) is 0. The number of halogens is 1. The monoisotopic (exact) mass is 254 g/mol. The van der Waals surface area contributed by atoms with Gasteiger partial charge in [0.2, 0.25) is 0 Å². The highest BCUT2D eigenvalue weighted by molar-refractivity contribution is 9.10. The van der Waals surface area contributed by atoms with Crippen LogP contribution in [0.15, 0.2) is 22.7 Å². The largest absolute Gasteiger partial charge is 0.482 e. The molecule has 0 saturated carbocycles. The fourth-order valence-corrected chi connectivity index (χ4v) is 1.97. The molecule has 0 saturated heterocycles. The minimum atomic E-state index is -0.253. The fraction of sp³-hybridized carbons (Fsp3) is 0.364. The van der Waals surface area contributed by atoms with Crippen molar-refractivity contribution in [2.75, 3.05) is 0 Å². The number of hydrogen-bond donors (Lipinski definition) is 0. The Kier molecular flexibility index (Phi) is 2.59. The van der Waals surface area contributed by atoms with Gasteiger partial charge in [-0.05, 0) is 37.5 Å². The molecular formula is C11H11BrO2. The van der Waals surface area contributed by atoms with Gasteiger partial charge in [-0.15, -0.1) is 0 Å². The van der Waals surface area contributed by atoms with E-state index in [0.29, 0.717) is 0 Å². The first-order valence-corrected chi connectivity index (χ1v) is 5.41. The van der Waals surface area contributed by atoms with Gasteiger partial charge in [-0.1, -0.05) is 22.0 Å². The van der Waals surface area contributed by atoms with Gasteiger partial charge >= 0.3 is 0 Å². The van der Waals surface area contributed by atoms with Crippen LogP contribution < -0.4 is 4.74 Å². The maximum Gasteiger partial charge on any atom is 0.170 e. The van der Waals surface area contributed by atoms with Crippen LogP contribution in [0.2, 0.25) is 0 Å². The number of ether oxygens (including phenoxy) is 1. The van der Waals surface area contributed by atoms with Crippen LogP contribution in [-0.4, -0.2) is 11.9 Å². The molecule has 1 aromatic rings. The second-order valence-corrected chi connectivity index (χ2v) is 4.42. The Hall–Kier alpha value is -0.830. The van der Waals surface area contributed by atoms with E-state index >= 15 is 0 Å². The summed E-state index contributed by atoms with van der Waals surface area (Å²) in [4.78, 5) is 11.2. The lowest BCUT2D eigenvalue weighted by atomic mass is 10.0. The van der Waals surface area contributed by atoms with Crippen molar-refractivity contribution in [3.05, 3.63) is 28.2 Å². The lowest BCUT2D eigenvalue weighted by Gasteiger charge is -2.24. The molecule has 2 rings (SSSR count). The van der Waals surface area contributed by atoms with E-state index in [0.717, 1.165) is 23.1 Å². The second-order valence-electron chi connectivity index (χ2n) is 3.51. The number of carbonyl (C=O) groups excluding carboxylic acids is 1. The average molecular weight is 255 g/mol. The van der Waals surface area contributed by atoms with Gasteiger partial charge in [0.15, 0.2) is 11.9 Å². The first kappa shape index (κ1) is 9.71. The van der Waals surface area contributed by atoms with Crippen molar-refractivity contribution in [3.8, 4) is 5.75 Å². The highest BCUT2D eigenvalue weighted by Crippen LogP contribution is 2.30. The average Bonchev–Trinajstić information content (AvgIpc) is 2.16. The molecule has 0 spiro atoms. The normalized spacial score (nSPS) is 19.7. The Balaban J connectivity index is 2.29. The standard InChI is InChI=1S/C11H11BrO2/c1-7(13)10-5-3-8-2-4-9(12)6-11(8)14-10/h2,4,6,10H,3,5H2,1H3. The summed E-state index contributed by atoms with van der Waals surface area (Å²) in [6.07, 6.45) is 1.47. The highest BCUT2D eigenvalue weighted by atomic mass is 79.9. The van der Waals surface area contributed by atoms with Crippen molar-refractivity contribution in [2.45, 2.75) is 25.9 Å². The van der Waals surface area contributed by atoms with Gasteiger partial charge in [-0.3, -0.25) is 4.79 Å². The van der Waals surface area contributed by atoms with Crippen molar-refractivity contribution in [3.63, 3.8) is 0 Å². The summed E-state index contributed by atoms with van der Waals surface area (Å²) >= 11 is 3.38. The molecule has 1 heterocycles. The summed E-state index contributed by atoms with van der Waals surface area (Å²) in [5.74, 6) is 0.946. The first-order chi connectivity index (χ1) is 6.66. The zero-order chi connectivity index (χ0) is 10.1. The van der Waals surface area contributed by atoms with E-state index in [1.807, 2.05) is 18.2 Å². The molecule has 14 heavy (non-hydrogen) atoms. The van der Waals surface area contributed by atoms with E-state index in [9.17, 15) is 4.79 Å². The number of ketones is 1. The molecule has 1 unspecified atom stereocenters. The lowest BCUT2D eigenvalue weighted by Crippen LogP contribution is -2.29. The molecular weight excluding hydrogens is 244 g/mol. The third-order valence-electron chi connectivity index (χ3n) is 2.43. The van der Waals surface area contributed by atoms with E-state index < -0.39 is 0 Å². The molecule has 0 aliphatic carbocycles. The van der Waals surface area contributed by atoms with Crippen molar-refractivity contribution >= 4 is 21.7 Å². The number of benzene rings is 1. The van der Waals surface area contributed by atoms with Crippen LogP contribution in [-0.2, 0) is 11.2 Å². The van der Waals surface area contributed by atoms with Crippen molar-refractivity contribution in [1.82, 2.24) is 0 Å². The number of Topliss-reactive ketones (excluding diaryl/α,β-unsaturated/α-hetero) is 1. The summed E-state index contributed by atoms with van der Waals surface area (Å²) in [5.41, 5.74) is 1.19. The molecule has 74 valence electrons. The maximum absolute atomic E-state index is 11.2. The van der Waals surface area contributed by atoms with E-state index in [2.05, 4.69) is 15.9 Å². The van der Waals surface area contributed by atoms with Crippen LogP contribution in [0.4, 0.5) is 0 Å². The predicted octanol–water partition coefficient (Wildman–Crippen LogP) is 2.73. The van der Waals surface area contributed by atoms with Crippen molar-refractivity contribution < 1.29 is 9.53 Å². The smallest absolute Gasteiger partial charge is 0.170 e. The minimum Gasteiger partial charge on any atom is -0.482 e. The lowest BCUT2D eigenvalue weighted by molar-refractivity contribution is -0.124. The van der Waals surface area contributed by atoms with Crippen LogP contribution in [0.5, 0.6) is 5.75 Å². The SMILES string of the molecule is CC(=O)C1CCc2ccc(Br)cc2O1. The van der Waals surface area contributed by atoms with Gasteiger partial charge in [0.05, 0.1) is 0 Å². The van der Waals surface area contributed by atoms with Crippen LogP contribution >= 0.6 is 15.9 Å². The van der Waals surface area contributed by atoms with E-state index in [4.69, 9.17) is 4.74 Å². The number of aryl methyl sites for hydroxylation is 1. The predicted molar refractivity (Wildman–Crippen MR) is 57.6 cm³/mol. The van der Waals surface area contributed by atoms with E-state index in [1.165, 1.54) is 5.56 Å². The summed E-state index contributed by atoms with van der Waals surface area (Å²) in [6, 6.07) is 5.95. The van der Waals surface area contributed by atoms with Gasteiger partial charge < -0.3 is 4.74 Å². The summed E-state index contributed by atoms with van der Waals surface area (Å²) < 4.78 is 6.58. The fourth-order valence-electron chi connectivity index (χ4n) is 1.63. The molecule has 0 N–H and O–H groups in total. The maximum atomic E-state index is 11.2. The molecule has 3 heteroatoms. The molecule has 1 atom stereocenters. The molecule has 2 nitrogen and oxygen atoms in total. The third kappa shape index (κ3) is 1.82. The molecule has 0 amide bonds. The van der Waals surface area contributed by atoms with Crippen LogP contribution in [0.3, 0.4) is 0 Å². The molecule has 0 bridgehead atoms. The first-order valence-electron chi connectivity index (χ1n) is 4.62. The van der Waals surface area contributed by atoms with Crippen molar-refractivity contribution in [2.24, 2.45) is 0 Å². The molecule has 0 radical (unpaired) electrons. The Bertz CT molecular complexity index is 374. The quantitative estimate of drug-likeness (QED) is 0.771. The van der Waals surface area contributed by atoms with Crippen molar-refractivity contribution in [1.29, 1.82) is 0 Å². The van der Waals surface area contributed by atoms with Crippen LogP contribution in [0, 0.1) is 0 Å². The minimum absolute atomic E-state index is 0.107. The topological polar surface area (TPSA) is 26.3 Å². The summed E-state index contributed by atoms with van der Waals surface area (Å²) in [6.45, 7) is 1.58. The number of fused-ring (bicyclic) bond motifs is 1. The molecule has 1 aliphatic heterocycles. The zero-order valence-corrected chi connectivity index (χ0v) is 9.50. The van der Waals surface area contributed by atoms with Crippen LogP contribution in [0.25, 0.3) is 0 Å². The molecule has 1 aliphatic rings. The Morgan fingerprint density at radius 3 is 3.07 bits per heavy atom. The Labute approximate surface area is 91.4 Å². The number of carbonyl (C=O) groups is 1. The molecule has 0 aromatic heterocycles. The highest BCUT2D eigenvalue weighted by Gasteiger charge is 2.22. The molecule has 1 aromatic carbocycles. The summed E-state index contributed by atoms with van der Waals surface area (Å²) in [5, 5.41) is 0. The zero-order valence-electron chi connectivity index (χ0n) is 7.92. The Morgan fingerprint density at radius 1 is 1.57 bits per heavy atom.